The van der Waals surface area contributed by atoms with E-state index in [9.17, 15) is 15.3 Å². The summed E-state index contributed by atoms with van der Waals surface area (Å²) >= 11 is 0. The number of hydrogen-bond acceptors (Lipinski definition) is 10. The molecular formula is C46H53N3O7. The number of phenols is 2. The molecule has 0 aromatic heterocycles. The maximum atomic E-state index is 10.9. The molecule has 0 amide bonds. The Hall–Kier alpha value is -4.61. The van der Waals surface area contributed by atoms with E-state index in [0.717, 1.165) is 75.1 Å². The van der Waals surface area contributed by atoms with Crippen molar-refractivity contribution in [2.45, 2.75) is 94.0 Å². The van der Waals surface area contributed by atoms with Gasteiger partial charge in [-0.15, -0.1) is 0 Å². The van der Waals surface area contributed by atoms with Crippen LogP contribution in [0.25, 0.3) is 17.2 Å². The van der Waals surface area contributed by atoms with Crippen molar-refractivity contribution >= 4 is 6.08 Å². The third-order valence-electron chi connectivity index (χ3n) is 12.8. The van der Waals surface area contributed by atoms with E-state index in [0.29, 0.717) is 57.3 Å². The molecule has 1 saturated carbocycles. The second-order valence-electron chi connectivity index (χ2n) is 16.3. The number of hydrogen-bond donors (Lipinski definition) is 5. The SMILES string of the molecule is CNC[C@@]1(OCNC2CCCCC2)Cc2c3c(c4c(c2O[C@@H]1c1ccc(O)c(OC)c1)CC[C@H](CO)O4)-c1ccc(O)cc1[C@@H](Cc1ccc2c(c1)=CCN=2)C3. The summed E-state index contributed by atoms with van der Waals surface area (Å²) in [5, 5.41) is 41.3. The number of rotatable bonds is 11. The Morgan fingerprint density at radius 2 is 1.80 bits per heavy atom. The van der Waals surface area contributed by atoms with E-state index in [4.69, 9.17) is 18.9 Å². The minimum Gasteiger partial charge on any atom is -0.508 e. The Morgan fingerprint density at radius 3 is 2.62 bits per heavy atom. The first-order chi connectivity index (χ1) is 27.4. The molecule has 10 nitrogen and oxygen atoms in total. The largest absolute Gasteiger partial charge is 0.508 e. The molecule has 9 rings (SSSR count). The average molecular weight is 760 g/mol. The van der Waals surface area contributed by atoms with Crippen LogP contribution in [0.3, 0.4) is 0 Å². The van der Waals surface area contributed by atoms with Gasteiger partial charge < -0.3 is 39.6 Å². The number of aliphatic hydroxyl groups is 1. The Morgan fingerprint density at radius 1 is 0.929 bits per heavy atom. The van der Waals surface area contributed by atoms with Crippen molar-refractivity contribution < 1.29 is 34.3 Å². The number of benzene rings is 4. The molecule has 10 heteroatoms. The number of nitrogens with one attached hydrogen (secondary N) is 2. The fourth-order valence-electron chi connectivity index (χ4n) is 10.0. The van der Waals surface area contributed by atoms with Gasteiger partial charge in [0, 0.05) is 35.7 Å². The van der Waals surface area contributed by atoms with Crippen LogP contribution in [0.2, 0.25) is 0 Å². The molecule has 0 radical (unpaired) electrons. The average Bonchev–Trinajstić information content (AvgIpc) is 3.69. The standard InChI is InChI=1S/C46H53N3O7/c1-47-25-46(54-26-49-31-6-4-3-5-7-31)23-38-37-20-30(19-27-8-14-39-28(18-27)16-17-48-39)36-22-32(51)10-12-34(36)42(37)44-35(13-11-33(24-50)55-44)43(38)56-45(46)29-9-15-40(52)41(21-29)53-2/h8-10,12,14-16,18,21-22,30-31,33,45,47,49-52H,3-7,11,13,17,19-20,23-26H2,1-2H3/t30-,33+,45+,46-/m0/s1. The molecule has 4 aromatic rings. The maximum absolute atomic E-state index is 10.9. The molecule has 5 N–H and O–H groups in total. The first-order valence-electron chi connectivity index (χ1n) is 20.4. The van der Waals surface area contributed by atoms with Crippen LogP contribution in [-0.2, 0) is 30.4 Å². The summed E-state index contributed by atoms with van der Waals surface area (Å²) in [6.07, 6.45) is 10.7. The fraction of sp³-hybridized carbons (Fsp3) is 0.457. The maximum Gasteiger partial charge on any atom is 0.160 e. The third kappa shape index (κ3) is 6.70. The van der Waals surface area contributed by atoms with Crippen LogP contribution in [0.5, 0.6) is 28.7 Å². The topological polar surface area (TPSA) is 134 Å². The van der Waals surface area contributed by atoms with Gasteiger partial charge in [0.05, 0.1) is 32.3 Å². The zero-order valence-corrected chi connectivity index (χ0v) is 32.4. The highest BCUT2D eigenvalue weighted by molar-refractivity contribution is 5.85. The Labute approximate surface area is 328 Å². The quantitative estimate of drug-likeness (QED) is 0.130. The van der Waals surface area contributed by atoms with Crippen molar-refractivity contribution in [1.82, 2.24) is 10.6 Å². The summed E-state index contributed by atoms with van der Waals surface area (Å²) in [4.78, 5) is 4.61. The van der Waals surface area contributed by atoms with Crippen LogP contribution < -0.4 is 35.4 Å². The zero-order valence-electron chi connectivity index (χ0n) is 32.4. The first kappa shape index (κ1) is 37.0. The first-order valence-corrected chi connectivity index (χ1v) is 20.4. The Kier molecular flexibility index (Phi) is 10.2. The van der Waals surface area contributed by atoms with Crippen LogP contribution in [0.15, 0.2) is 59.6 Å². The minimum absolute atomic E-state index is 0.0621. The lowest BCUT2D eigenvalue weighted by molar-refractivity contribution is -0.131. The van der Waals surface area contributed by atoms with E-state index < -0.39 is 11.7 Å². The highest BCUT2D eigenvalue weighted by Gasteiger charge is 2.50. The van der Waals surface area contributed by atoms with Gasteiger partial charge in [0.1, 0.15) is 29.0 Å². The number of aromatic hydroxyl groups is 2. The number of phenolic OH excluding ortho intramolecular Hbond substituents is 2. The lowest BCUT2D eigenvalue weighted by atomic mass is 9.70. The molecule has 1 fully saturated rings. The molecule has 3 heterocycles. The van der Waals surface area contributed by atoms with Crippen molar-refractivity contribution in [3.63, 3.8) is 0 Å². The number of nitrogens with zero attached hydrogens (tertiary/aromatic N) is 1. The second kappa shape index (κ2) is 15.4. The molecule has 3 aliphatic heterocycles. The van der Waals surface area contributed by atoms with Gasteiger partial charge in [-0.05, 0) is 121 Å². The van der Waals surface area contributed by atoms with Crippen LogP contribution in [0.4, 0.5) is 0 Å². The van der Waals surface area contributed by atoms with E-state index in [2.05, 4.69) is 39.9 Å². The van der Waals surface area contributed by atoms with E-state index in [1.807, 2.05) is 31.3 Å². The zero-order chi connectivity index (χ0) is 38.4. The van der Waals surface area contributed by atoms with Crippen LogP contribution in [0.1, 0.15) is 83.9 Å². The van der Waals surface area contributed by atoms with Crippen LogP contribution >= 0.6 is 0 Å². The van der Waals surface area contributed by atoms with E-state index in [1.54, 1.807) is 19.2 Å². The van der Waals surface area contributed by atoms with Gasteiger partial charge in [0.15, 0.2) is 17.6 Å². The van der Waals surface area contributed by atoms with Gasteiger partial charge in [0.2, 0.25) is 0 Å². The molecule has 4 aromatic carbocycles. The van der Waals surface area contributed by atoms with Crippen molar-refractivity contribution in [3.8, 4) is 39.9 Å². The summed E-state index contributed by atoms with van der Waals surface area (Å²) in [5.41, 5.74) is 7.64. The number of likely N-dealkylation sites (N-methyl/N-ethyl adjacent to an activating group) is 1. The molecule has 5 aliphatic rings. The van der Waals surface area contributed by atoms with E-state index >= 15 is 0 Å². The lowest BCUT2D eigenvalue weighted by Crippen LogP contribution is -2.55. The summed E-state index contributed by atoms with van der Waals surface area (Å²) in [6, 6.07) is 18.1. The van der Waals surface area contributed by atoms with Crippen LogP contribution in [0, 0.1) is 0 Å². The second-order valence-corrected chi connectivity index (χ2v) is 16.3. The summed E-state index contributed by atoms with van der Waals surface area (Å²) in [6.45, 7) is 1.51. The Balaban J connectivity index is 1.21. The predicted octanol–water partition coefficient (Wildman–Crippen LogP) is 5.29. The van der Waals surface area contributed by atoms with Crippen molar-refractivity contribution in [3.05, 3.63) is 98.6 Å². The minimum atomic E-state index is -0.847. The number of fused-ring (bicyclic) bond motifs is 9. The molecule has 0 saturated heterocycles. The normalized spacial score (nSPS) is 23.6. The Bertz CT molecular complexity index is 2250. The summed E-state index contributed by atoms with van der Waals surface area (Å²) in [5.74, 6) is 2.31. The van der Waals surface area contributed by atoms with Crippen molar-refractivity contribution in [2.75, 3.05) is 40.6 Å². The molecule has 2 aliphatic carbocycles. The molecule has 4 atom stereocenters. The number of methoxy groups -OCH3 is 1. The predicted molar refractivity (Wildman–Crippen MR) is 214 cm³/mol. The fourth-order valence-corrected chi connectivity index (χ4v) is 10.0. The van der Waals surface area contributed by atoms with Crippen LogP contribution in [-0.4, -0.2) is 73.7 Å². The highest BCUT2D eigenvalue weighted by atomic mass is 16.6. The van der Waals surface area contributed by atoms with Gasteiger partial charge in [-0.1, -0.05) is 43.5 Å². The van der Waals surface area contributed by atoms with Gasteiger partial charge >= 0.3 is 0 Å². The van der Waals surface area contributed by atoms with Gasteiger partial charge in [-0.25, -0.2) is 0 Å². The van der Waals surface area contributed by atoms with Gasteiger partial charge in [0.25, 0.3) is 0 Å². The number of ether oxygens (including phenoxy) is 4. The smallest absolute Gasteiger partial charge is 0.160 e. The van der Waals surface area contributed by atoms with E-state index in [-0.39, 0.29) is 30.1 Å². The highest BCUT2D eigenvalue weighted by Crippen LogP contribution is 2.57. The van der Waals surface area contributed by atoms with Crippen molar-refractivity contribution in [2.24, 2.45) is 4.99 Å². The van der Waals surface area contributed by atoms with Gasteiger partial charge in [-0.3, -0.25) is 10.3 Å². The molecule has 0 spiro atoms. The summed E-state index contributed by atoms with van der Waals surface area (Å²) < 4.78 is 26.9. The van der Waals surface area contributed by atoms with Crippen molar-refractivity contribution in [1.29, 1.82) is 0 Å². The monoisotopic (exact) mass is 759 g/mol. The molecule has 0 unspecified atom stereocenters. The summed E-state index contributed by atoms with van der Waals surface area (Å²) in [7, 11) is 3.51. The number of aliphatic hydroxyl groups excluding tert-OH is 1. The molecule has 294 valence electrons. The molecule has 0 bridgehead atoms. The van der Waals surface area contributed by atoms with E-state index in [1.165, 1.54) is 30.0 Å². The van der Waals surface area contributed by atoms with Gasteiger partial charge in [-0.2, -0.15) is 0 Å². The third-order valence-corrected chi connectivity index (χ3v) is 12.8. The molecule has 56 heavy (non-hydrogen) atoms. The molecular weight excluding hydrogens is 707 g/mol. The lowest BCUT2D eigenvalue weighted by Gasteiger charge is -2.47.